The molecule has 0 amide bonds. The molecule has 0 aliphatic heterocycles. The van der Waals surface area contributed by atoms with Crippen molar-refractivity contribution in [2.24, 2.45) is 0 Å². The lowest BCUT2D eigenvalue weighted by Crippen LogP contribution is -2.09. The van der Waals surface area contributed by atoms with E-state index in [1.54, 1.807) is 30.7 Å². The van der Waals surface area contributed by atoms with Gasteiger partial charge in [-0.2, -0.15) is 5.26 Å². The van der Waals surface area contributed by atoms with Crippen LogP contribution in [0.15, 0.2) is 36.9 Å². The lowest BCUT2D eigenvalue weighted by molar-refractivity contribution is 0.101. The molecule has 1 aromatic carbocycles. The number of hydrogen-bond acceptors (Lipinski definition) is 4. The van der Waals surface area contributed by atoms with Gasteiger partial charge in [0.15, 0.2) is 5.78 Å². The second-order valence-electron chi connectivity index (χ2n) is 4.51. The number of Topliss-reactive ketones (excluding diaryl/α,β-unsaturated/α-hetero) is 1. The van der Waals surface area contributed by atoms with Gasteiger partial charge in [0.1, 0.15) is 0 Å². The summed E-state index contributed by atoms with van der Waals surface area (Å²) in [7, 11) is 0. The third kappa shape index (κ3) is 3.45. The monoisotopic (exact) mass is 268 g/mol. The second kappa shape index (κ2) is 6.53. The third-order valence-electron chi connectivity index (χ3n) is 3.00. The molecule has 0 spiro atoms. The number of nitriles is 1. The molecule has 20 heavy (non-hydrogen) atoms. The fraction of sp³-hybridized carbons (Fsp3) is 0.267. The van der Waals surface area contributed by atoms with Crippen molar-refractivity contribution in [2.75, 3.05) is 11.9 Å². The maximum atomic E-state index is 11.5. The minimum Gasteiger partial charge on any atom is -0.384 e. The van der Waals surface area contributed by atoms with Crippen molar-refractivity contribution in [3.05, 3.63) is 48.0 Å². The molecular formula is C15H16N4O. The lowest BCUT2D eigenvalue weighted by Gasteiger charge is -2.11. The number of imidazole rings is 1. The highest BCUT2D eigenvalue weighted by Crippen LogP contribution is 2.18. The quantitative estimate of drug-likeness (QED) is 0.645. The van der Waals surface area contributed by atoms with E-state index in [0.29, 0.717) is 11.1 Å². The molecule has 0 atom stereocenters. The Kier molecular flexibility index (Phi) is 4.51. The zero-order chi connectivity index (χ0) is 14.4. The zero-order valence-corrected chi connectivity index (χ0v) is 11.3. The number of aryl methyl sites for hydroxylation is 1. The van der Waals surface area contributed by atoms with Crippen LogP contribution in [0.5, 0.6) is 0 Å². The van der Waals surface area contributed by atoms with E-state index in [4.69, 9.17) is 5.26 Å². The van der Waals surface area contributed by atoms with Crippen molar-refractivity contribution in [3.8, 4) is 6.07 Å². The molecule has 0 unspecified atom stereocenters. The number of benzene rings is 1. The molecule has 102 valence electrons. The summed E-state index contributed by atoms with van der Waals surface area (Å²) in [6.07, 6.45) is 6.34. The largest absolute Gasteiger partial charge is 0.384 e. The van der Waals surface area contributed by atoms with E-state index >= 15 is 0 Å². The van der Waals surface area contributed by atoms with Gasteiger partial charge in [0.2, 0.25) is 0 Å². The molecule has 0 bridgehead atoms. The Morgan fingerprint density at radius 1 is 1.50 bits per heavy atom. The molecule has 0 radical (unpaired) electrons. The first-order chi connectivity index (χ1) is 9.70. The Hall–Kier alpha value is -2.61. The van der Waals surface area contributed by atoms with Gasteiger partial charge in [-0.05, 0) is 31.5 Å². The summed E-state index contributed by atoms with van der Waals surface area (Å²) in [6.45, 7) is 3.12. The molecule has 0 saturated carbocycles. The van der Waals surface area contributed by atoms with Crippen LogP contribution in [0.3, 0.4) is 0 Å². The number of hydrogen-bond donors (Lipinski definition) is 1. The number of nitrogens with one attached hydrogen (secondary N) is 1. The molecule has 2 aromatic rings. The summed E-state index contributed by atoms with van der Waals surface area (Å²) in [5, 5.41) is 12.1. The van der Waals surface area contributed by atoms with Crippen LogP contribution in [0.25, 0.3) is 0 Å². The van der Waals surface area contributed by atoms with Gasteiger partial charge in [0.25, 0.3) is 0 Å². The molecule has 1 heterocycles. The van der Waals surface area contributed by atoms with E-state index < -0.39 is 0 Å². The highest BCUT2D eigenvalue weighted by molar-refractivity contribution is 5.99. The normalized spacial score (nSPS) is 10.0. The summed E-state index contributed by atoms with van der Waals surface area (Å²) >= 11 is 0. The molecule has 0 aliphatic rings. The summed E-state index contributed by atoms with van der Waals surface area (Å²) in [4.78, 5) is 15.5. The van der Waals surface area contributed by atoms with E-state index in [1.165, 1.54) is 6.92 Å². The van der Waals surface area contributed by atoms with Crippen molar-refractivity contribution in [1.82, 2.24) is 9.55 Å². The zero-order valence-electron chi connectivity index (χ0n) is 11.3. The van der Waals surface area contributed by atoms with E-state index in [9.17, 15) is 4.79 Å². The first-order valence-corrected chi connectivity index (χ1v) is 6.45. The van der Waals surface area contributed by atoms with E-state index in [0.717, 1.165) is 25.2 Å². The second-order valence-corrected chi connectivity index (χ2v) is 4.51. The van der Waals surface area contributed by atoms with Crippen LogP contribution in [0.2, 0.25) is 0 Å². The van der Waals surface area contributed by atoms with Crippen molar-refractivity contribution < 1.29 is 4.79 Å². The number of carbonyl (C=O) groups is 1. The maximum absolute atomic E-state index is 11.5. The number of rotatable bonds is 6. The predicted octanol–water partition coefficient (Wildman–Crippen LogP) is 2.46. The molecule has 1 aromatic heterocycles. The summed E-state index contributed by atoms with van der Waals surface area (Å²) in [5.41, 5.74) is 1.89. The molecule has 2 rings (SSSR count). The van der Waals surface area contributed by atoms with Crippen LogP contribution in [-0.4, -0.2) is 21.9 Å². The first kappa shape index (κ1) is 13.8. The van der Waals surface area contributed by atoms with Gasteiger partial charge in [-0.1, -0.05) is 0 Å². The molecular weight excluding hydrogens is 252 g/mol. The minimum atomic E-state index is -0.00778. The summed E-state index contributed by atoms with van der Waals surface area (Å²) in [5.74, 6) is -0.00778. The third-order valence-corrected chi connectivity index (χ3v) is 3.00. The SMILES string of the molecule is CC(=O)c1ccc(C#N)cc1NCCCn1ccnc1. The number of anilines is 1. The predicted molar refractivity (Wildman–Crippen MR) is 76.5 cm³/mol. The van der Waals surface area contributed by atoms with Crippen molar-refractivity contribution >= 4 is 11.5 Å². The maximum Gasteiger partial charge on any atom is 0.161 e. The average Bonchev–Trinajstić information content (AvgIpc) is 2.96. The Morgan fingerprint density at radius 3 is 3.00 bits per heavy atom. The molecule has 5 nitrogen and oxygen atoms in total. The van der Waals surface area contributed by atoms with Crippen LogP contribution < -0.4 is 5.32 Å². The van der Waals surface area contributed by atoms with Crippen LogP contribution >= 0.6 is 0 Å². The van der Waals surface area contributed by atoms with Gasteiger partial charge in [-0.25, -0.2) is 4.98 Å². The topological polar surface area (TPSA) is 70.7 Å². The molecule has 0 aliphatic carbocycles. The van der Waals surface area contributed by atoms with Crippen LogP contribution in [-0.2, 0) is 6.54 Å². The Balaban J connectivity index is 1.97. The van der Waals surface area contributed by atoms with Gasteiger partial charge in [-0.3, -0.25) is 4.79 Å². The molecule has 5 heteroatoms. The fourth-order valence-corrected chi connectivity index (χ4v) is 1.97. The average molecular weight is 268 g/mol. The van der Waals surface area contributed by atoms with Crippen molar-refractivity contribution in [2.45, 2.75) is 19.9 Å². The van der Waals surface area contributed by atoms with E-state index in [1.807, 2.05) is 10.8 Å². The van der Waals surface area contributed by atoms with Crippen LogP contribution in [0.1, 0.15) is 29.3 Å². The van der Waals surface area contributed by atoms with Gasteiger partial charge >= 0.3 is 0 Å². The lowest BCUT2D eigenvalue weighted by atomic mass is 10.1. The van der Waals surface area contributed by atoms with E-state index in [-0.39, 0.29) is 5.78 Å². The Bertz CT molecular complexity index is 626. The molecule has 1 N–H and O–H groups in total. The number of carbonyl (C=O) groups excluding carboxylic acids is 1. The van der Waals surface area contributed by atoms with Crippen LogP contribution in [0, 0.1) is 11.3 Å². The first-order valence-electron chi connectivity index (χ1n) is 6.45. The number of nitrogens with zero attached hydrogens (tertiary/aromatic N) is 3. The molecule has 0 fully saturated rings. The van der Waals surface area contributed by atoms with E-state index in [2.05, 4.69) is 16.4 Å². The standard InChI is InChI=1S/C15H16N4O/c1-12(20)14-4-3-13(10-16)9-15(14)18-5-2-7-19-8-6-17-11-19/h3-4,6,8-9,11,18H,2,5,7H2,1H3. The van der Waals surface area contributed by atoms with Gasteiger partial charge in [-0.15, -0.1) is 0 Å². The number of aromatic nitrogens is 2. The summed E-state index contributed by atoms with van der Waals surface area (Å²) in [6, 6.07) is 7.15. The Morgan fingerprint density at radius 2 is 2.35 bits per heavy atom. The van der Waals surface area contributed by atoms with Gasteiger partial charge in [0.05, 0.1) is 18.0 Å². The fourth-order valence-electron chi connectivity index (χ4n) is 1.97. The van der Waals surface area contributed by atoms with Crippen molar-refractivity contribution in [1.29, 1.82) is 5.26 Å². The van der Waals surface area contributed by atoms with Gasteiger partial charge < -0.3 is 9.88 Å². The highest BCUT2D eigenvalue weighted by atomic mass is 16.1. The Labute approximate surface area is 117 Å². The smallest absolute Gasteiger partial charge is 0.161 e. The number of ketones is 1. The highest BCUT2D eigenvalue weighted by Gasteiger charge is 2.07. The molecule has 0 saturated heterocycles. The summed E-state index contributed by atoms with van der Waals surface area (Å²) < 4.78 is 2.00. The minimum absolute atomic E-state index is 0.00778. The van der Waals surface area contributed by atoms with Crippen LogP contribution in [0.4, 0.5) is 5.69 Å². The van der Waals surface area contributed by atoms with Crippen molar-refractivity contribution in [3.63, 3.8) is 0 Å². The van der Waals surface area contributed by atoms with Gasteiger partial charge in [0, 0.05) is 36.7 Å².